The van der Waals surface area contributed by atoms with Crippen LogP contribution >= 0.6 is 0 Å². The number of amides is 2. The van der Waals surface area contributed by atoms with Crippen molar-refractivity contribution in [3.8, 4) is 0 Å². The molecule has 0 aromatic carbocycles. The highest BCUT2D eigenvalue weighted by Gasteiger charge is 2.18. The Morgan fingerprint density at radius 3 is 1.69 bits per heavy atom. The average molecular weight is 229 g/mol. The van der Waals surface area contributed by atoms with E-state index >= 15 is 0 Å². The van der Waals surface area contributed by atoms with Crippen molar-refractivity contribution in [1.29, 1.82) is 0 Å². The Morgan fingerprint density at radius 2 is 1.44 bits per heavy atom. The molecule has 0 saturated heterocycles. The van der Waals surface area contributed by atoms with Gasteiger partial charge in [0, 0.05) is 24.9 Å². The van der Waals surface area contributed by atoms with Crippen LogP contribution in [0.3, 0.4) is 0 Å². The van der Waals surface area contributed by atoms with Crippen LogP contribution in [-0.2, 0) is 9.59 Å². The molecule has 0 aromatic rings. The second kappa shape index (κ2) is 7.22. The second-order valence-electron chi connectivity index (χ2n) is 4.37. The van der Waals surface area contributed by atoms with Crippen LogP contribution in [0.4, 0.5) is 0 Å². The Balaban J connectivity index is 4.26. The van der Waals surface area contributed by atoms with Crippen LogP contribution in [0, 0.1) is 11.8 Å². The van der Waals surface area contributed by atoms with Crippen molar-refractivity contribution in [2.45, 2.75) is 27.2 Å². The molecule has 0 rings (SSSR count). The van der Waals surface area contributed by atoms with E-state index in [1.165, 1.54) is 0 Å². The molecule has 0 spiro atoms. The highest BCUT2D eigenvalue weighted by Crippen LogP contribution is 2.05. The SMILES string of the molecule is CCCN(CC(C)C(N)=O)CC(C)C(N)=O. The highest BCUT2D eigenvalue weighted by molar-refractivity contribution is 5.77. The molecular weight excluding hydrogens is 206 g/mol. The first-order valence-corrected chi connectivity index (χ1v) is 5.69. The fourth-order valence-electron chi connectivity index (χ4n) is 1.53. The van der Waals surface area contributed by atoms with Gasteiger partial charge < -0.3 is 16.4 Å². The fourth-order valence-corrected chi connectivity index (χ4v) is 1.53. The van der Waals surface area contributed by atoms with Gasteiger partial charge in [-0.05, 0) is 13.0 Å². The lowest BCUT2D eigenvalue weighted by molar-refractivity contribution is -0.122. The average Bonchev–Trinajstić information content (AvgIpc) is 2.17. The highest BCUT2D eigenvalue weighted by atomic mass is 16.1. The molecule has 0 radical (unpaired) electrons. The first kappa shape index (κ1) is 14.9. The van der Waals surface area contributed by atoms with E-state index in [0.717, 1.165) is 13.0 Å². The third kappa shape index (κ3) is 5.70. The molecule has 5 nitrogen and oxygen atoms in total. The molecule has 0 heterocycles. The maximum absolute atomic E-state index is 11.0. The van der Waals surface area contributed by atoms with Crippen molar-refractivity contribution in [3.63, 3.8) is 0 Å². The minimum absolute atomic E-state index is 0.202. The Hall–Kier alpha value is -1.10. The standard InChI is InChI=1S/C11H23N3O2/c1-4-5-14(6-8(2)10(12)15)7-9(3)11(13)16/h8-9H,4-7H2,1-3H3,(H2,12,15)(H2,13,16). The molecule has 0 aliphatic carbocycles. The maximum atomic E-state index is 11.0. The van der Waals surface area contributed by atoms with Crippen molar-refractivity contribution in [3.05, 3.63) is 0 Å². The van der Waals surface area contributed by atoms with Crippen molar-refractivity contribution in [1.82, 2.24) is 4.90 Å². The Bertz CT molecular complexity index is 221. The van der Waals surface area contributed by atoms with Gasteiger partial charge in [-0.2, -0.15) is 0 Å². The quantitative estimate of drug-likeness (QED) is 0.611. The number of hydrogen-bond donors (Lipinski definition) is 2. The molecule has 2 atom stereocenters. The van der Waals surface area contributed by atoms with Crippen LogP contribution in [0.15, 0.2) is 0 Å². The molecule has 2 amide bonds. The number of hydrogen-bond acceptors (Lipinski definition) is 3. The number of carbonyl (C=O) groups excluding carboxylic acids is 2. The van der Waals surface area contributed by atoms with Crippen LogP contribution in [0.25, 0.3) is 0 Å². The summed E-state index contributed by atoms with van der Waals surface area (Å²) >= 11 is 0. The first-order chi connectivity index (χ1) is 7.38. The third-order valence-corrected chi connectivity index (χ3v) is 2.58. The normalized spacial score (nSPS) is 14.8. The largest absolute Gasteiger partial charge is 0.369 e. The predicted octanol–water partition coefficient (Wildman–Crippen LogP) is -0.0588. The first-order valence-electron chi connectivity index (χ1n) is 5.69. The Kier molecular flexibility index (Phi) is 6.72. The van der Waals surface area contributed by atoms with Crippen LogP contribution in [0.5, 0.6) is 0 Å². The molecule has 4 N–H and O–H groups in total. The van der Waals surface area contributed by atoms with Gasteiger partial charge in [-0.15, -0.1) is 0 Å². The molecule has 5 heteroatoms. The lowest BCUT2D eigenvalue weighted by Gasteiger charge is -2.25. The molecule has 94 valence electrons. The zero-order valence-corrected chi connectivity index (χ0v) is 10.4. The van der Waals surface area contributed by atoms with Crippen molar-refractivity contribution in [2.75, 3.05) is 19.6 Å². The summed E-state index contributed by atoms with van der Waals surface area (Å²) < 4.78 is 0. The summed E-state index contributed by atoms with van der Waals surface area (Å²) in [5.74, 6) is -1.03. The molecule has 0 aliphatic rings. The lowest BCUT2D eigenvalue weighted by atomic mass is 10.1. The Labute approximate surface area is 97.2 Å². The Morgan fingerprint density at radius 1 is 1.06 bits per heavy atom. The topological polar surface area (TPSA) is 89.4 Å². The zero-order valence-electron chi connectivity index (χ0n) is 10.4. The van der Waals surface area contributed by atoms with Crippen molar-refractivity contribution < 1.29 is 9.59 Å². The van der Waals surface area contributed by atoms with E-state index in [9.17, 15) is 9.59 Å². The summed E-state index contributed by atoms with van der Waals surface area (Å²) in [4.78, 5) is 24.0. The van der Waals surface area contributed by atoms with Crippen molar-refractivity contribution in [2.24, 2.45) is 23.3 Å². The molecule has 0 aromatic heterocycles. The van der Waals surface area contributed by atoms with Gasteiger partial charge in [0.2, 0.25) is 11.8 Å². The fraction of sp³-hybridized carbons (Fsp3) is 0.818. The van der Waals surface area contributed by atoms with Crippen molar-refractivity contribution >= 4 is 11.8 Å². The minimum Gasteiger partial charge on any atom is -0.369 e. The molecule has 16 heavy (non-hydrogen) atoms. The molecular formula is C11H23N3O2. The summed E-state index contributed by atoms with van der Waals surface area (Å²) in [5, 5.41) is 0. The summed E-state index contributed by atoms with van der Waals surface area (Å²) in [6, 6.07) is 0. The monoisotopic (exact) mass is 229 g/mol. The molecule has 0 fully saturated rings. The molecule has 0 saturated carbocycles. The number of rotatable bonds is 8. The van der Waals surface area contributed by atoms with Gasteiger partial charge in [-0.3, -0.25) is 9.59 Å². The summed E-state index contributed by atoms with van der Waals surface area (Å²) in [5.41, 5.74) is 10.4. The van der Waals surface area contributed by atoms with E-state index in [-0.39, 0.29) is 23.7 Å². The van der Waals surface area contributed by atoms with Gasteiger partial charge in [0.25, 0.3) is 0 Å². The van der Waals surface area contributed by atoms with Crippen LogP contribution in [-0.4, -0.2) is 36.3 Å². The summed E-state index contributed by atoms with van der Waals surface area (Å²) in [6.07, 6.45) is 0.969. The van der Waals surface area contributed by atoms with E-state index in [4.69, 9.17) is 11.5 Å². The third-order valence-electron chi connectivity index (χ3n) is 2.58. The van der Waals surface area contributed by atoms with Crippen LogP contribution < -0.4 is 11.5 Å². The van der Waals surface area contributed by atoms with Gasteiger partial charge in [0.15, 0.2) is 0 Å². The predicted molar refractivity (Wildman–Crippen MR) is 63.4 cm³/mol. The molecule has 2 unspecified atom stereocenters. The van der Waals surface area contributed by atoms with Gasteiger partial charge in [0.1, 0.15) is 0 Å². The van der Waals surface area contributed by atoms with E-state index in [0.29, 0.717) is 13.1 Å². The van der Waals surface area contributed by atoms with Crippen LogP contribution in [0.2, 0.25) is 0 Å². The molecule has 0 aliphatic heterocycles. The second-order valence-corrected chi connectivity index (χ2v) is 4.37. The van der Waals surface area contributed by atoms with E-state index in [1.807, 2.05) is 0 Å². The van der Waals surface area contributed by atoms with E-state index < -0.39 is 0 Å². The van der Waals surface area contributed by atoms with Gasteiger partial charge in [0.05, 0.1) is 0 Å². The van der Waals surface area contributed by atoms with E-state index in [2.05, 4.69) is 11.8 Å². The minimum atomic E-state index is -0.312. The summed E-state index contributed by atoms with van der Waals surface area (Å²) in [6.45, 7) is 7.65. The molecule has 0 bridgehead atoms. The van der Waals surface area contributed by atoms with E-state index in [1.54, 1.807) is 13.8 Å². The lowest BCUT2D eigenvalue weighted by Crippen LogP contribution is -2.40. The van der Waals surface area contributed by atoms with Gasteiger partial charge in [-0.1, -0.05) is 20.8 Å². The number of nitrogens with zero attached hydrogens (tertiary/aromatic N) is 1. The van der Waals surface area contributed by atoms with Gasteiger partial charge in [-0.25, -0.2) is 0 Å². The number of carbonyl (C=O) groups is 2. The van der Waals surface area contributed by atoms with Gasteiger partial charge >= 0.3 is 0 Å². The smallest absolute Gasteiger partial charge is 0.221 e. The van der Waals surface area contributed by atoms with Crippen LogP contribution in [0.1, 0.15) is 27.2 Å². The number of nitrogens with two attached hydrogens (primary N) is 2. The number of primary amides is 2. The zero-order chi connectivity index (χ0) is 12.7. The summed E-state index contributed by atoms with van der Waals surface area (Å²) in [7, 11) is 0. The maximum Gasteiger partial charge on any atom is 0.221 e.